The molecule has 1 heterocycles. The summed E-state index contributed by atoms with van der Waals surface area (Å²) in [5.74, 6) is 2.02. The van der Waals surface area contributed by atoms with Crippen LogP contribution in [0.2, 0.25) is 0 Å². The molecule has 0 saturated heterocycles. The van der Waals surface area contributed by atoms with Crippen molar-refractivity contribution in [1.29, 1.82) is 0 Å². The van der Waals surface area contributed by atoms with Crippen molar-refractivity contribution in [2.75, 3.05) is 0 Å². The van der Waals surface area contributed by atoms with Gasteiger partial charge in [-0.15, -0.1) is 0 Å². The normalized spacial score (nSPS) is 14.4. The maximum absolute atomic E-state index is 13.2. The molecule has 2 aromatic carbocycles. The second-order valence-corrected chi connectivity index (χ2v) is 7.16. The van der Waals surface area contributed by atoms with Crippen LogP contribution in [0, 0.1) is 49.3 Å². The number of hydrogen-bond acceptors (Lipinski definition) is 3. The zero-order chi connectivity index (χ0) is 21.0. The molecule has 1 aromatic heterocycles. The summed E-state index contributed by atoms with van der Waals surface area (Å²) in [6, 6.07) is 11.9. The minimum absolute atomic E-state index is 0. The van der Waals surface area contributed by atoms with Gasteiger partial charge in [0.25, 0.3) is 0 Å². The monoisotopic (exact) mass is 526 g/mol. The van der Waals surface area contributed by atoms with Gasteiger partial charge in [-0.1, -0.05) is 45.0 Å². The first-order chi connectivity index (χ1) is 13.9. The summed E-state index contributed by atoms with van der Waals surface area (Å²) in [6.45, 7) is 6.54. The molecule has 1 saturated carbocycles. The van der Waals surface area contributed by atoms with E-state index in [9.17, 15) is 14.3 Å². The van der Waals surface area contributed by atoms with Gasteiger partial charge in [0.05, 0.1) is 5.39 Å². The van der Waals surface area contributed by atoms with E-state index in [1.54, 1.807) is 18.2 Å². The van der Waals surface area contributed by atoms with E-state index in [1.165, 1.54) is 36.1 Å². The Morgan fingerprint density at radius 1 is 0.968 bits per heavy atom. The summed E-state index contributed by atoms with van der Waals surface area (Å²) in [4.78, 5) is 11.9. The number of hydrogen-bond donors (Lipinski definition) is 0. The van der Waals surface area contributed by atoms with Crippen LogP contribution in [0.3, 0.4) is 0 Å². The predicted octanol–water partition coefficient (Wildman–Crippen LogP) is 2.32. The van der Waals surface area contributed by atoms with E-state index < -0.39 is 17.0 Å². The van der Waals surface area contributed by atoms with Gasteiger partial charge < -0.3 is 21.9 Å². The summed E-state index contributed by atoms with van der Waals surface area (Å²) in [7, 11) is 0. The molecular formula is C25H22ClFO3Ru. The Balaban J connectivity index is 0.000000345. The Kier molecular flexibility index (Phi) is 10.9. The fraction of sp³-hybridized carbons (Fsp3) is 0.160. The molecule has 4 rings (SSSR count). The van der Waals surface area contributed by atoms with Crippen molar-refractivity contribution in [2.24, 2.45) is 5.92 Å². The van der Waals surface area contributed by atoms with Crippen LogP contribution in [0.1, 0.15) is 20.8 Å². The molecule has 0 unspecified atom stereocenters. The van der Waals surface area contributed by atoms with Crippen molar-refractivity contribution < 1.29 is 45.8 Å². The molecule has 0 N–H and O–H groups in total. The van der Waals surface area contributed by atoms with Gasteiger partial charge >= 0.3 is 19.5 Å². The largest absolute Gasteiger partial charge is 2.00 e. The Morgan fingerprint density at radius 2 is 1.61 bits per heavy atom. The molecular weight excluding hydrogens is 504 g/mol. The molecule has 0 aliphatic heterocycles. The summed E-state index contributed by atoms with van der Waals surface area (Å²) in [6.07, 6.45) is 8.71. The number of benzene rings is 2. The average molecular weight is 526 g/mol. The summed E-state index contributed by atoms with van der Waals surface area (Å²) < 4.78 is 18.6. The van der Waals surface area contributed by atoms with Gasteiger partial charge in [0.15, 0.2) is 5.43 Å². The van der Waals surface area contributed by atoms with Crippen molar-refractivity contribution >= 4 is 11.0 Å². The maximum Gasteiger partial charge on any atom is 2.00 e. The van der Waals surface area contributed by atoms with Crippen LogP contribution < -0.4 is 22.9 Å². The summed E-state index contributed by atoms with van der Waals surface area (Å²) in [5, 5.41) is 12.2. The second-order valence-electron chi connectivity index (χ2n) is 7.16. The third-order valence-electron chi connectivity index (χ3n) is 4.59. The van der Waals surface area contributed by atoms with Gasteiger partial charge in [-0.25, -0.2) is 4.39 Å². The van der Waals surface area contributed by atoms with Crippen molar-refractivity contribution in [3.05, 3.63) is 102 Å². The summed E-state index contributed by atoms with van der Waals surface area (Å²) in [5.41, 5.74) is -0.0691. The molecule has 0 bridgehead atoms. The Labute approximate surface area is 202 Å². The van der Waals surface area contributed by atoms with Gasteiger partial charge in [0.1, 0.15) is 17.2 Å². The van der Waals surface area contributed by atoms with E-state index in [0.29, 0.717) is 11.5 Å². The summed E-state index contributed by atoms with van der Waals surface area (Å²) >= 11 is 0. The van der Waals surface area contributed by atoms with Gasteiger partial charge in [0.2, 0.25) is 0 Å². The first-order valence-corrected chi connectivity index (χ1v) is 9.42. The van der Waals surface area contributed by atoms with Gasteiger partial charge in [-0.3, -0.25) is 4.79 Å². The molecule has 6 heteroatoms. The van der Waals surface area contributed by atoms with Crippen molar-refractivity contribution in [3.63, 3.8) is 0 Å². The van der Waals surface area contributed by atoms with Crippen LogP contribution in [-0.4, -0.2) is 0 Å². The molecule has 0 amide bonds. The minimum atomic E-state index is -0.760. The zero-order valence-corrected chi connectivity index (χ0v) is 19.8. The Hall–Kier alpha value is -1.71. The van der Waals surface area contributed by atoms with E-state index in [4.69, 9.17) is 4.42 Å². The minimum Gasteiger partial charge on any atom is -1.00 e. The third-order valence-corrected chi connectivity index (χ3v) is 4.59. The topological polar surface area (TPSA) is 53.3 Å². The molecule has 1 fully saturated rings. The molecule has 1 aliphatic rings. The SMILES string of the molecule is C[C]1[CH][CH][C](C(C)C)[CH][CH]1.O=c1c([O-])c(-c2cccc(F)c2)oc2ccccc12.[Cl-].[Ru+2]. The third kappa shape index (κ3) is 6.89. The van der Waals surface area contributed by atoms with Crippen LogP contribution >= 0.6 is 0 Å². The smallest absolute Gasteiger partial charge is 1.00 e. The second kappa shape index (κ2) is 12.4. The quantitative estimate of drug-likeness (QED) is 0.483. The van der Waals surface area contributed by atoms with Gasteiger partial charge in [-0.2, -0.15) is 0 Å². The average Bonchev–Trinajstić information content (AvgIpc) is 2.71. The fourth-order valence-corrected chi connectivity index (χ4v) is 2.90. The van der Waals surface area contributed by atoms with Crippen LogP contribution in [0.5, 0.6) is 5.75 Å². The molecule has 3 nitrogen and oxygen atoms in total. The Bertz CT molecular complexity index is 1030. The standard InChI is InChI=1S/C15H9FO3.C10H14.ClH.Ru/c16-10-5-3-4-9(8-10)15-14(18)13(17)11-6-1-2-7-12(11)19-15;1-8(2)10-6-4-9(3)5-7-10;;/h1-8,18H;4-8H,1-3H3;1H;/q;;;+2/p-2. The molecule has 0 spiro atoms. The van der Waals surface area contributed by atoms with Crippen LogP contribution in [0.15, 0.2) is 57.7 Å². The number of fused-ring (bicyclic) bond motifs is 1. The number of para-hydroxylation sites is 1. The van der Waals surface area contributed by atoms with E-state index >= 15 is 0 Å². The van der Waals surface area contributed by atoms with E-state index in [1.807, 2.05) is 0 Å². The van der Waals surface area contributed by atoms with E-state index in [-0.39, 0.29) is 48.6 Å². The molecule has 6 radical (unpaired) electrons. The molecule has 162 valence electrons. The van der Waals surface area contributed by atoms with Gasteiger partial charge in [0, 0.05) is 5.56 Å². The zero-order valence-electron chi connectivity index (χ0n) is 17.3. The van der Waals surface area contributed by atoms with Crippen molar-refractivity contribution in [2.45, 2.75) is 20.8 Å². The number of halogens is 2. The predicted molar refractivity (Wildman–Crippen MR) is 112 cm³/mol. The van der Waals surface area contributed by atoms with Crippen molar-refractivity contribution in [3.8, 4) is 17.1 Å². The first kappa shape index (κ1) is 27.3. The van der Waals surface area contributed by atoms with Crippen LogP contribution in [-0.2, 0) is 19.5 Å². The van der Waals surface area contributed by atoms with Gasteiger partial charge in [-0.05, 0) is 73.5 Å². The van der Waals surface area contributed by atoms with Crippen LogP contribution in [0.4, 0.5) is 4.39 Å². The first-order valence-electron chi connectivity index (χ1n) is 9.42. The molecule has 31 heavy (non-hydrogen) atoms. The number of rotatable bonds is 2. The molecule has 3 aromatic rings. The maximum atomic E-state index is 13.2. The van der Waals surface area contributed by atoms with Crippen molar-refractivity contribution in [1.82, 2.24) is 0 Å². The Morgan fingerprint density at radius 3 is 2.23 bits per heavy atom. The molecule has 0 atom stereocenters. The van der Waals surface area contributed by atoms with Crippen LogP contribution in [0.25, 0.3) is 22.3 Å². The van der Waals surface area contributed by atoms with E-state index in [0.717, 1.165) is 6.07 Å². The molecule has 1 aliphatic carbocycles. The fourth-order valence-electron chi connectivity index (χ4n) is 2.90. The van der Waals surface area contributed by atoms with E-state index in [2.05, 4.69) is 46.5 Å².